The number of aromatic nitrogens is 1. The van der Waals surface area contributed by atoms with E-state index in [0.29, 0.717) is 11.7 Å². The first kappa shape index (κ1) is 11.2. The van der Waals surface area contributed by atoms with Crippen molar-refractivity contribution in [2.24, 2.45) is 5.92 Å². The summed E-state index contributed by atoms with van der Waals surface area (Å²) < 4.78 is 36.9. The molecule has 0 radical (unpaired) electrons. The molecule has 1 aromatic heterocycles. The van der Waals surface area contributed by atoms with Crippen molar-refractivity contribution in [3.05, 3.63) is 23.9 Å². The summed E-state index contributed by atoms with van der Waals surface area (Å²) in [5.74, 6) is 1.22. The van der Waals surface area contributed by atoms with Gasteiger partial charge in [0.05, 0.1) is 5.56 Å². The number of nitrogens with zero attached hydrogens (tertiary/aromatic N) is 2. The smallest absolute Gasteiger partial charge is 0.356 e. The van der Waals surface area contributed by atoms with Gasteiger partial charge in [-0.3, -0.25) is 0 Å². The molecule has 1 atom stereocenters. The summed E-state index contributed by atoms with van der Waals surface area (Å²) in [6, 6.07) is 2.53. The molecule has 2 nitrogen and oxygen atoms in total. The Morgan fingerprint density at radius 2 is 2.12 bits per heavy atom. The van der Waals surface area contributed by atoms with Crippen LogP contribution < -0.4 is 4.90 Å². The highest BCUT2D eigenvalue weighted by molar-refractivity contribution is 5.40. The Balaban J connectivity index is 2.14. The minimum absolute atomic E-state index is 0.587. The van der Waals surface area contributed by atoms with E-state index >= 15 is 0 Å². The first-order chi connectivity index (χ1) is 7.47. The molecule has 0 unspecified atom stereocenters. The molecular weight excluding hydrogens is 217 g/mol. The fraction of sp³-hybridized carbons (Fsp3) is 0.545. The molecule has 0 amide bonds. The zero-order valence-corrected chi connectivity index (χ0v) is 8.96. The van der Waals surface area contributed by atoms with Crippen LogP contribution in [0.1, 0.15) is 18.9 Å². The molecule has 1 aliphatic rings. The summed E-state index contributed by atoms with van der Waals surface area (Å²) in [6.45, 7) is 3.88. The molecule has 1 aromatic rings. The van der Waals surface area contributed by atoms with Crippen molar-refractivity contribution in [1.29, 1.82) is 0 Å². The number of alkyl halides is 3. The fourth-order valence-corrected chi connectivity index (χ4v) is 1.88. The molecule has 1 saturated heterocycles. The van der Waals surface area contributed by atoms with Crippen LogP contribution >= 0.6 is 0 Å². The summed E-state index contributed by atoms with van der Waals surface area (Å²) in [5, 5.41) is 0. The summed E-state index contributed by atoms with van der Waals surface area (Å²) in [5.41, 5.74) is -0.691. The van der Waals surface area contributed by atoms with Crippen LogP contribution in [0.2, 0.25) is 0 Å². The monoisotopic (exact) mass is 230 g/mol. The van der Waals surface area contributed by atoms with Crippen molar-refractivity contribution in [3.63, 3.8) is 0 Å². The Morgan fingerprint density at radius 3 is 2.56 bits per heavy atom. The topological polar surface area (TPSA) is 16.1 Å². The molecule has 0 aliphatic carbocycles. The van der Waals surface area contributed by atoms with Gasteiger partial charge in [-0.25, -0.2) is 4.98 Å². The van der Waals surface area contributed by atoms with Crippen LogP contribution in [0.15, 0.2) is 18.3 Å². The van der Waals surface area contributed by atoms with Gasteiger partial charge in [0, 0.05) is 19.3 Å². The number of hydrogen-bond donors (Lipinski definition) is 0. The molecule has 0 aromatic carbocycles. The second kappa shape index (κ2) is 3.96. The summed E-state index contributed by atoms with van der Waals surface area (Å²) >= 11 is 0. The van der Waals surface area contributed by atoms with E-state index in [9.17, 15) is 13.2 Å². The van der Waals surface area contributed by atoms with E-state index in [0.717, 1.165) is 31.8 Å². The highest BCUT2D eigenvalue weighted by atomic mass is 19.4. The highest BCUT2D eigenvalue weighted by Crippen LogP contribution is 2.30. The number of rotatable bonds is 1. The quantitative estimate of drug-likeness (QED) is 0.737. The van der Waals surface area contributed by atoms with Gasteiger partial charge >= 0.3 is 6.18 Å². The van der Waals surface area contributed by atoms with Crippen LogP contribution in [-0.2, 0) is 6.18 Å². The van der Waals surface area contributed by atoms with Crippen molar-refractivity contribution in [1.82, 2.24) is 4.98 Å². The lowest BCUT2D eigenvalue weighted by Gasteiger charge is -2.17. The van der Waals surface area contributed by atoms with E-state index in [4.69, 9.17) is 0 Å². The summed E-state index contributed by atoms with van der Waals surface area (Å²) in [7, 11) is 0. The Labute approximate surface area is 92.1 Å². The van der Waals surface area contributed by atoms with Crippen LogP contribution in [0.25, 0.3) is 0 Å². The van der Waals surface area contributed by atoms with Crippen LogP contribution in [0.5, 0.6) is 0 Å². The van der Waals surface area contributed by atoms with E-state index in [-0.39, 0.29) is 0 Å². The average Bonchev–Trinajstić information content (AvgIpc) is 2.64. The average molecular weight is 230 g/mol. The van der Waals surface area contributed by atoms with Crippen LogP contribution in [0.3, 0.4) is 0 Å². The van der Waals surface area contributed by atoms with Crippen LogP contribution in [0.4, 0.5) is 19.0 Å². The van der Waals surface area contributed by atoms with Gasteiger partial charge in [-0.15, -0.1) is 0 Å². The second-order valence-corrected chi connectivity index (χ2v) is 4.24. The highest BCUT2D eigenvalue weighted by Gasteiger charge is 2.31. The lowest BCUT2D eigenvalue weighted by molar-refractivity contribution is -0.137. The number of halogens is 3. The molecule has 88 valence electrons. The minimum atomic E-state index is -4.30. The van der Waals surface area contributed by atoms with E-state index in [1.807, 2.05) is 4.90 Å². The van der Waals surface area contributed by atoms with Crippen molar-refractivity contribution < 1.29 is 13.2 Å². The Hall–Kier alpha value is -1.26. The summed E-state index contributed by atoms with van der Waals surface area (Å²) in [4.78, 5) is 5.89. The van der Waals surface area contributed by atoms with Gasteiger partial charge in [0.15, 0.2) is 0 Å². The van der Waals surface area contributed by atoms with Crippen LogP contribution in [0, 0.1) is 5.92 Å². The molecule has 0 spiro atoms. The zero-order valence-electron chi connectivity index (χ0n) is 8.96. The van der Waals surface area contributed by atoms with Gasteiger partial charge in [-0.05, 0) is 24.5 Å². The summed E-state index contributed by atoms with van der Waals surface area (Å²) in [6.07, 6.45) is -2.33. The first-order valence-electron chi connectivity index (χ1n) is 5.25. The zero-order chi connectivity index (χ0) is 11.8. The normalized spacial score (nSPS) is 21.5. The molecular formula is C11H13F3N2. The van der Waals surface area contributed by atoms with E-state index in [1.54, 1.807) is 0 Å². The van der Waals surface area contributed by atoms with Gasteiger partial charge < -0.3 is 4.90 Å². The largest absolute Gasteiger partial charge is 0.417 e. The predicted molar refractivity (Wildman–Crippen MR) is 55.2 cm³/mol. The number of pyridine rings is 1. The Bertz CT molecular complexity index is 358. The molecule has 5 heteroatoms. The van der Waals surface area contributed by atoms with Gasteiger partial charge in [-0.1, -0.05) is 6.92 Å². The van der Waals surface area contributed by atoms with E-state index in [1.165, 1.54) is 6.07 Å². The second-order valence-electron chi connectivity index (χ2n) is 4.24. The van der Waals surface area contributed by atoms with E-state index < -0.39 is 11.7 Å². The van der Waals surface area contributed by atoms with Crippen molar-refractivity contribution in [2.75, 3.05) is 18.0 Å². The first-order valence-corrected chi connectivity index (χ1v) is 5.25. The molecule has 1 fully saturated rings. The van der Waals surface area contributed by atoms with Gasteiger partial charge in [0.25, 0.3) is 0 Å². The van der Waals surface area contributed by atoms with Crippen LogP contribution in [-0.4, -0.2) is 18.1 Å². The molecule has 0 saturated carbocycles. The molecule has 2 heterocycles. The Kier molecular flexibility index (Phi) is 2.78. The van der Waals surface area contributed by atoms with Crippen molar-refractivity contribution in [2.45, 2.75) is 19.5 Å². The SMILES string of the molecule is C[C@H]1CCN(c2ccc(C(F)(F)F)cn2)C1. The lowest BCUT2D eigenvalue weighted by atomic mass is 10.2. The minimum Gasteiger partial charge on any atom is -0.356 e. The van der Waals surface area contributed by atoms with Gasteiger partial charge in [0.1, 0.15) is 5.82 Å². The lowest BCUT2D eigenvalue weighted by Crippen LogP contribution is -2.20. The Morgan fingerprint density at radius 1 is 1.38 bits per heavy atom. The van der Waals surface area contributed by atoms with Crippen molar-refractivity contribution in [3.8, 4) is 0 Å². The maximum Gasteiger partial charge on any atom is 0.417 e. The molecule has 0 N–H and O–H groups in total. The number of anilines is 1. The van der Waals surface area contributed by atoms with E-state index in [2.05, 4.69) is 11.9 Å². The maximum absolute atomic E-state index is 12.3. The molecule has 16 heavy (non-hydrogen) atoms. The van der Waals surface area contributed by atoms with Gasteiger partial charge in [0.2, 0.25) is 0 Å². The third-order valence-electron chi connectivity index (χ3n) is 2.82. The predicted octanol–water partition coefficient (Wildman–Crippen LogP) is 2.95. The third-order valence-corrected chi connectivity index (χ3v) is 2.82. The standard InChI is InChI=1S/C11H13F3N2/c1-8-4-5-16(7-8)10-3-2-9(6-15-10)11(12,13)14/h2-3,6,8H,4-5,7H2,1H3/t8-/m0/s1. The molecule has 1 aliphatic heterocycles. The fourth-order valence-electron chi connectivity index (χ4n) is 1.88. The third kappa shape index (κ3) is 2.28. The maximum atomic E-state index is 12.3. The molecule has 0 bridgehead atoms. The van der Waals surface area contributed by atoms with Gasteiger partial charge in [-0.2, -0.15) is 13.2 Å². The molecule has 2 rings (SSSR count). The van der Waals surface area contributed by atoms with Crippen molar-refractivity contribution >= 4 is 5.82 Å². The number of hydrogen-bond acceptors (Lipinski definition) is 2.